The van der Waals surface area contributed by atoms with Crippen LogP contribution in [0, 0.1) is 13.8 Å². The molecule has 0 aliphatic carbocycles. The summed E-state index contributed by atoms with van der Waals surface area (Å²) in [6.07, 6.45) is 0. The van der Waals surface area contributed by atoms with Crippen molar-refractivity contribution in [3.8, 4) is 11.4 Å². The maximum atomic E-state index is 13.4. The largest absolute Gasteiger partial charge is 0.378 e. The number of benzene rings is 2. The van der Waals surface area contributed by atoms with E-state index in [0.717, 1.165) is 5.56 Å². The Labute approximate surface area is 186 Å². The molecule has 4 rings (SSSR count). The molecular formula is C22H24N4O5S. The fourth-order valence-corrected chi connectivity index (χ4v) is 4.89. The summed E-state index contributed by atoms with van der Waals surface area (Å²) < 4.78 is 38.4. The van der Waals surface area contributed by atoms with Crippen LogP contribution in [-0.2, 0) is 14.8 Å². The minimum Gasteiger partial charge on any atom is -0.378 e. The van der Waals surface area contributed by atoms with Crippen LogP contribution < -0.4 is 4.31 Å². The molecule has 2 heterocycles. The topological polar surface area (TPSA) is 106 Å². The second-order valence-electron chi connectivity index (χ2n) is 7.62. The molecule has 1 fully saturated rings. The lowest BCUT2D eigenvalue weighted by Crippen LogP contribution is -2.40. The number of carbonyl (C=O) groups excluding carboxylic acids is 1. The summed E-state index contributed by atoms with van der Waals surface area (Å²) in [5, 5.41) is 3.90. The Morgan fingerprint density at radius 2 is 1.84 bits per heavy atom. The number of nitrogens with zero attached hydrogens (tertiary/aromatic N) is 4. The second-order valence-corrected chi connectivity index (χ2v) is 9.56. The van der Waals surface area contributed by atoms with Gasteiger partial charge in [-0.05, 0) is 43.2 Å². The second kappa shape index (κ2) is 8.71. The van der Waals surface area contributed by atoms with Crippen molar-refractivity contribution in [3.05, 3.63) is 59.5 Å². The lowest BCUT2D eigenvalue weighted by molar-refractivity contribution is 0.0272. The number of anilines is 1. The quantitative estimate of drug-likeness (QED) is 0.581. The van der Waals surface area contributed by atoms with Crippen molar-refractivity contribution in [1.29, 1.82) is 0 Å². The van der Waals surface area contributed by atoms with Crippen LogP contribution >= 0.6 is 0 Å². The van der Waals surface area contributed by atoms with E-state index in [4.69, 9.17) is 9.26 Å². The van der Waals surface area contributed by atoms with Crippen LogP contribution in [0.25, 0.3) is 11.4 Å². The van der Waals surface area contributed by atoms with Crippen molar-refractivity contribution in [1.82, 2.24) is 15.0 Å². The van der Waals surface area contributed by atoms with E-state index in [-0.39, 0.29) is 22.5 Å². The molecule has 9 nitrogen and oxygen atoms in total. The van der Waals surface area contributed by atoms with Crippen molar-refractivity contribution in [2.45, 2.75) is 18.7 Å². The zero-order valence-corrected chi connectivity index (χ0v) is 18.9. The molecule has 0 atom stereocenters. The molecule has 0 radical (unpaired) electrons. The van der Waals surface area contributed by atoms with Crippen LogP contribution in [0.4, 0.5) is 5.69 Å². The SMILES string of the molecule is Cc1cccc(N(C)S(=O)(=O)c2cc(-c3noc(C(=O)N4CCOCC4)n3)ccc2C)c1. The maximum Gasteiger partial charge on any atom is 0.316 e. The summed E-state index contributed by atoms with van der Waals surface area (Å²) in [5.41, 5.74) is 2.55. The van der Waals surface area contributed by atoms with Crippen LogP contribution in [0.2, 0.25) is 0 Å². The average Bonchev–Trinajstić information content (AvgIpc) is 3.29. The van der Waals surface area contributed by atoms with Crippen molar-refractivity contribution in [2.75, 3.05) is 37.7 Å². The maximum absolute atomic E-state index is 13.4. The summed E-state index contributed by atoms with van der Waals surface area (Å²) in [4.78, 5) is 18.5. The van der Waals surface area contributed by atoms with Gasteiger partial charge in [-0.2, -0.15) is 4.98 Å². The van der Waals surface area contributed by atoms with Gasteiger partial charge in [0, 0.05) is 25.7 Å². The number of aryl methyl sites for hydroxylation is 2. The molecule has 32 heavy (non-hydrogen) atoms. The number of hydrogen-bond acceptors (Lipinski definition) is 7. The van der Waals surface area contributed by atoms with Gasteiger partial charge in [0.15, 0.2) is 0 Å². The molecule has 10 heteroatoms. The van der Waals surface area contributed by atoms with Gasteiger partial charge in [-0.1, -0.05) is 29.4 Å². The summed E-state index contributed by atoms with van der Waals surface area (Å²) >= 11 is 0. The van der Waals surface area contributed by atoms with Crippen molar-refractivity contribution in [2.24, 2.45) is 0 Å². The van der Waals surface area contributed by atoms with Gasteiger partial charge in [-0.15, -0.1) is 0 Å². The molecule has 0 spiro atoms. The molecule has 0 bridgehead atoms. The number of hydrogen-bond donors (Lipinski definition) is 0. The van der Waals surface area contributed by atoms with Crippen molar-refractivity contribution < 1.29 is 22.5 Å². The summed E-state index contributed by atoms with van der Waals surface area (Å²) in [5.74, 6) is -0.355. The lowest BCUT2D eigenvalue weighted by Gasteiger charge is -2.25. The van der Waals surface area contributed by atoms with E-state index < -0.39 is 10.0 Å². The van der Waals surface area contributed by atoms with Crippen LogP contribution in [0.1, 0.15) is 21.8 Å². The van der Waals surface area contributed by atoms with E-state index in [2.05, 4.69) is 10.1 Å². The Balaban J connectivity index is 1.64. The van der Waals surface area contributed by atoms with Crippen LogP contribution in [0.5, 0.6) is 0 Å². The first-order chi connectivity index (χ1) is 15.3. The van der Waals surface area contributed by atoms with Gasteiger partial charge in [0.05, 0.1) is 23.8 Å². The molecule has 0 N–H and O–H groups in total. The number of amides is 1. The highest BCUT2D eigenvalue weighted by Gasteiger charge is 2.27. The Hall–Kier alpha value is -3.24. The third kappa shape index (κ3) is 4.23. The number of aromatic nitrogens is 2. The summed E-state index contributed by atoms with van der Waals surface area (Å²) in [6.45, 7) is 5.45. The van der Waals surface area contributed by atoms with E-state index in [1.54, 1.807) is 36.1 Å². The fourth-order valence-electron chi connectivity index (χ4n) is 3.46. The molecule has 3 aromatic rings. The third-order valence-corrected chi connectivity index (χ3v) is 7.28. The molecule has 0 unspecified atom stereocenters. The van der Waals surface area contributed by atoms with Gasteiger partial charge in [-0.3, -0.25) is 9.10 Å². The van der Waals surface area contributed by atoms with Crippen LogP contribution in [-0.4, -0.2) is 62.7 Å². The molecule has 0 saturated carbocycles. The molecule has 1 aliphatic heterocycles. The average molecular weight is 457 g/mol. The Morgan fingerprint density at radius 3 is 2.56 bits per heavy atom. The minimum absolute atomic E-state index is 0.130. The van der Waals surface area contributed by atoms with Gasteiger partial charge in [0.1, 0.15) is 0 Å². The van der Waals surface area contributed by atoms with Crippen LogP contribution in [0.15, 0.2) is 51.9 Å². The number of rotatable bonds is 5. The zero-order valence-electron chi connectivity index (χ0n) is 18.1. The van der Waals surface area contributed by atoms with E-state index >= 15 is 0 Å². The molecule has 1 saturated heterocycles. The molecule has 2 aromatic carbocycles. The Morgan fingerprint density at radius 1 is 1.09 bits per heavy atom. The lowest BCUT2D eigenvalue weighted by atomic mass is 10.1. The third-order valence-electron chi connectivity index (χ3n) is 5.36. The van der Waals surface area contributed by atoms with E-state index in [0.29, 0.717) is 43.1 Å². The molecule has 1 aliphatic rings. The van der Waals surface area contributed by atoms with Gasteiger partial charge in [-0.25, -0.2) is 8.42 Å². The zero-order chi connectivity index (χ0) is 22.9. The fraction of sp³-hybridized carbons (Fsp3) is 0.318. The molecule has 168 valence electrons. The van der Waals surface area contributed by atoms with Crippen molar-refractivity contribution in [3.63, 3.8) is 0 Å². The van der Waals surface area contributed by atoms with Crippen LogP contribution in [0.3, 0.4) is 0 Å². The highest BCUT2D eigenvalue weighted by molar-refractivity contribution is 7.92. The summed E-state index contributed by atoms with van der Waals surface area (Å²) in [7, 11) is -2.32. The minimum atomic E-state index is -3.84. The summed E-state index contributed by atoms with van der Waals surface area (Å²) in [6, 6.07) is 12.2. The first-order valence-electron chi connectivity index (χ1n) is 10.1. The Bertz CT molecular complexity index is 1250. The van der Waals surface area contributed by atoms with Gasteiger partial charge in [0.2, 0.25) is 5.82 Å². The first-order valence-corrected chi connectivity index (χ1v) is 11.6. The number of ether oxygens (including phenoxy) is 1. The predicted octanol–water partition coefficient (Wildman–Crippen LogP) is 2.65. The normalized spacial score (nSPS) is 14.4. The van der Waals surface area contributed by atoms with Gasteiger partial charge in [0.25, 0.3) is 10.0 Å². The number of morpholine rings is 1. The highest BCUT2D eigenvalue weighted by atomic mass is 32.2. The first kappa shape index (κ1) is 22.0. The van der Waals surface area contributed by atoms with E-state index in [9.17, 15) is 13.2 Å². The van der Waals surface area contributed by atoms with Gasteiger partial charge < -0.3 is 14.2 Å². The number of sulfonamides is 1. The smallest absolute Gasteiger partial charge is 0.316 e. The monoisotopic (exact) mass is 456 g/mol. The van der Waals surface area contributed by atoms with E-state index in [1.807, 2.05) is 19.1 Å². The number of carbonyl (C=O) groups is 1. The van der Waals surface area contributed by atoms with Crippen molar-refractivity contribution >= 4 is 21.6 Å². The van der Waals surface area contributed by atoms with E-state index in [1.165, 1.54) is 17.4 Å². The molecular weight excluding hydrogens is 432 g/mol. The molecule has 1 amide bonds. The Kier molecular flexibility index (Phi) is 5.98. The van der Waals surface area contributed by atoms with Gasteiger partial charge >= 0.3 is 11.8 Å². The predicted molar refractivity (Wildman–Crippen MR) is 118 cm³/mol. The molecule has 1 aromatic heterocycles. The highest BCUT2D eigenvalue weighted by Crippen LogP contribution is 2.28. The standard InChI is InChI=1S/C22H24N4O5S/c1-15-5-4-6-18(13-15)25(3)32(28,29)19-14-17(8-7-16(19)2)20-23-21(31-24-20)22(27)26-9-11-30-12-10-26/h4-8,13-14H,9-12H2,1-3H3.